The third kappa shape index (κ3) is 3.17. The molecule has 2 aromatic rings. The van der Waals surface area contributed by atoms with Crippen LogP contribution in [-0.2, 0) is 6.54 Å². The molecule has 20 heavy (non-hydrogen) atoms. The van der Waals surface area contributed by atoms with E-state index in [-0.39, 0.29) is 0 Å². The Kier molecular flexibility index (Phi) is 3.70. The van der Waals surface area contributed by atoms with Gasteiger partial charge in [0.2, 0.25) is 0 Å². The van der Waals surface area contributed by atoms with Crippen LogP contribution in [0.25, 0.3) is 0 Å². The highest BCUT2D eigenvalue weighted by Gasteiger charge is 2.20. The van der Waals surface area contributed by atoms with E-state index in [0.717, 1.165) is 29.2 Å². The minimum absolute atomic E-state index is 0.691. The summed E-state index contributed by atoms with van der Waals surface area (Å²) in [7, 11) is 0. The Morgan fingerprint density at radius 1 is 1.20 bits per heavy atom. The maximum atomic E-state index is 6.07. The summed E-state index contributed by atoms with van der Waals surface area (Å²) >= 11 is 0. The number of rotatable bonds is 5. The summed E-state index contributed by atoms with van der Waals surface area (Å²) in [5.74, 6) is 1.75. The van der Waals surface area contributed by atoms with E-state index >= 15 is 0 Å². The predicted molar refractivity (Wildman–Crippen MR) is 80.1 cm³/mol. The minimum Gasteiger partial charge on any atom is -0.455 e. The van der Waals surface area contributed by atoms with Gasteiger partial charge in [-0.2, -0.15) is 0 Å². The van der Waals surface area contributed by atoms with Crippen molar-refractivity contribution in [2.75, 3.05) is 0 Å². The zero-order valence-electron chi connectivity index (χ0n) is 12.0. The number of hydrogen-bond donors (Lipinski definition) is 1. The Balaban J connectivity index is 1.80. The van der Waals surface area contributed by atoms with Crippen molar-refractivity contribution >= 4 is 0 Å². The zero-order chi connectivity index (χ0) is 13.9. The minimum atomic E-state index is 0.691. The third-order valence-corrected chi connectivity index (χ3v) is 3.59. The molecule has 1 N–H and O–H groups in total. The Labute approximate surface area is 120 Å². The lowest BCUT2D eigenvalue weighted by molar-refractivity contribution is 0.466. The largest absolute Gasteiger partial charge is 0.455 e. The van der Waals surface area contributed by atoms with E-state index in [1.165, 1.54) is 18.4 Å². The van der Waals surface area contributed by atoms with Gasteiger partial charge in [0.15, 0.2) is 0 Å². The van der Waals surface area contributed by atoms with Gasteiger partial charge in [0, 0.05) is 24.3 Å². The monoisotopic (exact) mass is 268 g/mol. The molecule has 0 bridgehead atoms. The molecule has 1 heterocycles. The summed E-state index contributed by atoms with van der Waals surface area (Å²) in [4.78, 5) is 4.18. The van der Waals surface area contributed by atoms with Crippen molar-refractivity contribution in [2.45, 2.75) is 39.3 Å². The molecule has 0 aliphatic heterocycles. The standard InChI is InChI=1S/C17H20N2O/c1-12-3-4-13(2)16(9-12)20-17-11-18-8-7-14(17)10-19-15-5-6-15/h3-4,7-9,11,15,19H,5-6,10H2,1-2H3. The van der Waals surface area contributed by atoms with E-state index in [0.29, 0.717) is 6.04 Å². The maximum absolute atomic E-state index is 6.07. The van der Waals surface area contributed by atoms with E-state index in [4.69, 9.17) is 4.74 Å². The average molecular weight is 268 g/mol. The van der Waals surface area contributed by atoms with Gasteiger partial charge in [-0.05, 0) is 49.9 Å². The van der Waals surface area contributed by atoms with Gasteiger partial charge in [-0.15, -0.1) is 0 Å². The first kappa shape index (κ1) is 13.1. The highest BCUT2D eigenvalue weighted by molar-refractivity contribution is 5.41. The van der Waals surface area contributed by atoms with Crippen LogP contribution in [0.15, 0.2) is 36.7 Å². The molecule has 1 aromatic carbocycles. The fourth-order valence-corrected chi connectivity index (χ4v) is 2.12. The molecule has 0 amide bonds. The first-order valence-corrected chi connectivity index (χ1v) is 7.14. The second kappa shape index (κ2) is 5.63. The predicted octanol–water partition coefficient (Wildman–Crippen LogP) is 3.74. The molecule has 104 valence electrons. The summed E-state index contributed by atoms with van der Waals surface area (Å²) in [6.45, 7) is 4.98. The molecular formula is C17H20N2O. The molecule has 0 spiro atoms. The number of aromatic nitrogens is 1. The number of benzene rings is 1. The molecule has 0 atom stereocenters. The first-order chi connectivity index (χ1) is 9.72. The lowest BCUT2D eigenvalue weighted by atomic mass is 10.1. The number of hydrogen-bond acceptors (Lipinski definition) is 3. The Morgan fingerprint density at radius 2 is 2.05 bits per heavy atom. The molecule has 1 saturated carbocycles. The number of ether oxygens (including phenoxy) is 1. The Bertz CT molecular complexity index is 606. The van der Waals surface area contributed by atoms with Crippen LogP contribution in [0.4, 0.5) is 0 Å². The van der Waals surface area contributed by atoms with Gasteiger partial charge in [0.05, 0.1) is 6.20 Å². The van der Waals surface area contributed by atoms with Crippen molar-refractivity contribution in [1.82, 2.24) is 10.3 Å². The van der Waals surface area contributed by atoms with Gasteiger partial charge in [-0.25, -0.2) is 0 Å². The Morgan fingerprint density at radius 3 is 2.85 bits per heavy atom. The number of aryl methyl sites for hydroxylation is 2. The van der Waals surface area contributed by atoms with E-state index in [1.54, 1.807) is 6.20 Å². The number of pyridine rings is 1. The highest BCUT2D eigenvalue weighted by Crippen LogP contribution is 2.28. The molecule has 1 aliphatic carbocycles. The fraction of sp³-hybridized carbons (Fsp3) is 0.353. The van der Waals surface area contributed by atoms with Gasteiger partial charge in [-0.1, -0.05) is 12.1 Å². The maximum Gasteiger partial charge on any atom is 0.150 e. The van der Waals surface area contributed by atoms with Crippen LogP contribution in [0.1, 0.15) is 29.5 Å². The van der Waals surface area contributed by atoms with Crippen molar-refractivity contribution in [2.24, 2.45) is 0 Å². The second-order valence-corrected chi connectivity index (χ2v) is 5.51. The second-order valence-electron chi connectivity index (χ2n) is 5.51. The summed E-state index contributed by atoms with van der Waals surface area (Å²) in [6.07, 6.45) is 6.20. The van der Waals surface area contributed by atoms with Gasteiger partial charge in [0.25, 0.3) is 0 Å². The zero-order valence-corrected chi connectivity index (χ0v) is 12.0. The molecule has 0 radical (unpaired) electrons. The SMILES string of the molecule is Cc1ccc(C)c(Oc2cnccc2CNC2CC2)c1. The molecule has 3 heteroatoms. The smallest absolute Gasteiger partial charge is 0.150 e. The van der Waals surface area contributed by atoms with Gasteiger partial charge in [0.1, 0.15) is 11.5 Å². The number of nitrogens with zero attached hydrogens (tertiary/aromatic N) is 1. The van der Waals surface area contributed by atoms with E-state index in [9.17, 15) is 0 Å². The summed E-state index contributed by atoms with van der Waals surface area (Å²) in [6, 6.07) is 8.97. The van der Waals surface area contributed by atoms with Crippen LogP contribution in [0.2, 0.25) is 0 Å². The molecule has 0 saturated heterocycles. The average Bonchev–Trinajstić information content (AvgIpc) is 3.26. The van der Waals surface area contributed by atoms with Gasteiger partial charge < -0.3 is 10.1 Å². The Hall–Kier alpha value is -1.87. The van der Waals surface area contributed by atoms with Crippen molar-refractivity contribution in [3.05, 3.63) is 53.3 Å². The molecule has 3 rings (SSSR count). The molecule has 1 aliphatic rings. The van der Waals surface area contributed by atoms with Crippen LogP contribution in [0, 0.1) is 13.8 Å². The van der Waals surface area contributed by atoms with Crippen molar-refractivity contribution in [3.63, 3.8) is 0 Å². The third-order valence-electron chi connectivity index (χ3n) is 3.59. The van der Waals surface area contributed by atoms with Crippen molar-refractivity contribution in [3.8, 4) is 11.5 Å². The molecule has 3 nitrogen and oxygen atoms in total. The summed E-state index contributed by atoms with van der Waals surface area (Å²) < 4.78 is 6.07. The molecule has 0 unspecified atom stereocenters. The fourth-order valence-electron chi connectivity index (χ4n) is 2.12. The van der Waals surface area contributed by atoms with E-state index in [1.807, 2.05) is 12.3 Å². The van der Waals surface area contributed by atoms with Crippen LogP contribution < -0.4 is 10.1 Å². The summed E-state index contributed by atoms with van der Waals surface area (Å²) in [5.41, 5.74) is 3.50. The van der Waals surface area contributed by atoms with Gasteiger partial charge >= 0.3 is 0 Å². The van der Waals surface area contributed by atoms with E-state index < -0.39 is 0 Å². The van der Waals surface area contributed by atoms with Crippen molar-refractivity contribution in [1.29, 1.82) is 0 Å². The number of nitrogens with one attached hydrogen (secondary N) is 1. The summed E-state index contributed by atoms with van der Waals surface area (Å²) in [5, 5.41) is 3.52. The van der Waals surface area contributed by atoms with E-state index in [2.05, 4.69) is 42.3 Å². The van der Waals surface area contributed by atoms with Crippen LogP contribution >= 0.6 is 0 Å². The van der Waals surface area contributed by atoms with Crippen LogP contribution in [-0.4, -0.2) is 11.0 Å². The molecule has 1 fully saturated rings. The topological polar surface area (TPSA) is 34.1 Å². The normalized spacial score (nSPS) is 14.3. The highest BCUT2D eigenvalue weighted by atomic mass is 16.5. The quantitative estimate of drug-likeness (QED) is 0.897. The van der Waals surface area contributed by atoms with Crippen LogP contribution in [0.3, 0.4) is 0 Å². The lowest BCUT2D eigenvalue weighted by Gasteiger charge is -2.13. The molecule has 1 aromatic heterocycles. The van der Waals surface area contributed by atoms with Crippen molar-refractivity contribution < 1.29 is 4.74 Å². The lowest BCUT2D eigenvalue weighted by Crippen LogP contribution is -2.15. The van der Waals surface area contributed by atoms with Crippen LogP contribution in [0.5, 0.6) is 11.5 Å². The molecular weight excluding hydrogens is 248 g/mol. The first-order valence-electron chi connectivity index (χ1n) is 7.14. The van der Waals surface area contributed by atoms with Gasteiger partial charge in [-0.3, -0.25) is 4.98 Å².